The van der Waals surface area contributed by atoms with Crippen LogP contribution in [-0.4, -0.2) is 0 Å². The Morgan fingerprint density at radius 2 is 1.60 bits per heavy atom. The lowest BCUT2D eigenvalue weighted by molar-refractivity contribution is 0.615. The van der Waals surface area contributed by atoms with Gasteiger partial charge in [0, 0.05) is 0 Å². The first-order valence-corrected chi connectivity index (χ1v) is 3.93. The highest BCUT2D eigenvalue weighted by molar-refractivity contribution is 4.71. The summed E-state index contributed by atoms with van der Waals surface area (Å²) in [5, 5.41) is 0. The molecule has 2 heteroatoms. The molecule has 0 bridgehead atoms. The first kappa shape index (κ1) is 9.92. The summed E-state index contributed by atoms with van der Waals surface area (Å²) in [6.07, 6.45) is 7.32. The van der Waals surface area contributed by atoms with E-state index in [9.17, 15) is 0 Å². The maximum atomic E-state index is 5.29. The van der Waals surface area contributed by atoms with Crippen molar-refractivity contribution in [1.82, 2.24) is 0 Å². The van der Waals surface area contributed by atoms with Crippen molar-refractivity contribution in [3.63, 3.8) is 0 Å². The highest BCUT2D eigenvalue weighted by Gasteiger charge is 1.94. The van der Waals surface area contributed by atoms with Crippen LogP contribution in [0.3, 0.4) is 0 Å². The summed E-state index contributed by atoms with van der Waals surface area (Å²) in [5.74, 6) is 0. The lowest BCUT2D eigenvalue weighted by Crippen LogP contribution is -2.19. The molecule has 0 atom stereocenters. The molecule has 2 nitrogen and oxygen atoms in total. The van der Waals surface area contributed by atoms with Crippen molar-refractivity contribution in [2.45, 2.75) is 38.5 Å². The summed E-state index contributed by atoms with van der Waals surface area (Å²) in [7, 11) is 0. The Morgan fingerprint density at radius 1 is 1.00 bits per heavy atom. The average Bonchev–Trinajstić information content (AvgIpc) is 1.87. The maximum absolute atomic E-state index is 5.29. The van der Waals surface area contributed by atoms with E-state index in [0.29, 0.717) is 6.17 Å². The quantitative estimate of drug-likeness (QED) is 0.553. The van der Waals surface area contributed by atoms with Gasteiger partial charge in [-0.3, -0.25) is 0 Å². The zero-order chi connectivity index (χ0) is 7.82. The molecule has 0 heterocycles. The van der Waals surface area contributed by atoms with Gasteiger partial charge < -0.3 is 11.5 Å². The minimum Gasteiger partial charge on any atom is -0.311 e. The summed E-state index contributed by atoms with van der Waals surface area (Å²) in [6, 6.07) is 0. The predicted octanol–water partition coefficient (Wildman–Crippen LogP) is 1.57. The summed E-state index contributed by atoms with van der Waals surface area (Å²) in [4.78, 5) is 0. The Morgan fingerprint density at radius 3 is 2.10 bits per heavy atom. The van der Waals surface area contributed by atoms with Crippen LogP contribution in [0.25, 0.3) is 0 Å². The van der Waals surface area contributed by atoms with Gasteiger partial charge in [0.25, 0.3) is 0 Å². The molecule has 60 valence electrons. The largest absolute Gasteiger partial charge is 0.311 e. The van der Waals surface area contributed by atoms with Crippen LogP contribution in [0.1, 0.15) is 38.5 Å². The third-order valence-corrected chi connectivity index (χ3v) is 1.47. The number of unbranched alkanes of at least 4 members (excludes halogenated alkanes) is 4. The number of rotatable bonds is 6. The van der Waals surface area contributed by atoms with Crippen molar-refractivity contribution in [2.24, 2.45) is 11.5 Å². The Balaban J connectivity index is 2.77. The van der Waals surface area contributed by atoms with E-state index in [1.54, 1.807) is 0 Å². The van der Waals surface area contributed by atoms with Crippen molar-refractivity contribution < 1.29 is 0 Å². The SMILES string of the molecule is [CH2]CCCCCC[C](N)N. The van der Waals surface area contributed by atoms with Crippen molar-refractivity contribution in [1.29, 1.82) is 0 Å². The predicted molar refractivity (Wildman–Crippen MR) is 44.7 cm³/mol. The van der Waals surface area contributed by atoms with Crippen LogP contribution in [0.2, 0.25) is 0 Å². The van der Waals surface area contributed by atoms with E-state index >= 15 is 0 Å². The molecule has 0 fully saturated rings. The molecule has 0 aromatic rings. The molecule has 0 aliphatic heterocycles. The van der Waals surface area contributed by atoms with Gasteiger partial charge in [0.2, 0.25) is 0 Å². The zero-order valence-corrected chi connectivity index (χ0v) is 6.60. The van der Waals surface area contributed by atoms with Gasteiger partial charge >= 0.3 is 0 Å². The molecule has 2 radical (unpaired) electrons. The molecule has 0 aliphatic rings. The highest BCUT2D eigenvalue weighted by atomic mass is 14.8. The van der Waals surface area contributed by atoms with Crippen LogP contribution in [0.4, 0.5) is 0 Å². The van der Waals surface area contributed by atoms with E-state index < -0.39 is 0 Å². The molecule has 0 saturated heterocycles. The fraction of sp³-hybridized carbons (Fsp3) is 0.750. The average molecular weight is 142 g/mol. The highest BCUT2D eigenvalue weighted by Crippen LogP contribution is 2.06. The smallest absolute Gasteiger partial charge is 0.0955 e. The Hall–Kier alpha value is -0.0800. The van der Waals surface area contributed by atoms with E-state index in [4.69, 9.17) is 11.5 Å². The topological polar surface area (TPSA) is 52.0 Å². The van der Waals surface area contributed by atoms with Crippen molar-refractivity contribution in [2.75, 3.05) is 0 Å². The molecule has 0 rings (SSSR count). The number of hydrogen-bond acceptors (Lipinski definition) is 2. The Kier molecular flexibility index (Phi) is 6.98. The monoisotopic (exact) mass is 142 g/mol. The third-order valence-electron chi connectivity index (χ3n) is 1.47. The first-order chi connectivity index (χ1) is 4.77. The van der Waals surface area contributed by atoms with Crippen molar-refractivity contribution in [3.05, 3.63) is 13.1 Å². The van der Waals surface area contributed by atoms with Crippen molar-refractivity contribution >= 4 is 0 Å². The molecule has 4 N–H and O–H groups in total. The van der Waals surface area contributed by atoms with E-state index in [2.05, 4.69) is 6.92 Å². The standard InChI is InChI=1S/C8H18N2/c1-2-3-4-5-6-7-8(9)10/h1-7,9-10H2. The van der Waals surface area contributed by atoms with Gasteiger partial charge in [0.15, 0.2) is 0 Å². The van der Waals surface area contributed by atoms with Gasteiger partial charge in [-0.1, -0.05) is 39.0 Å². The van der Waals surface area contributed by atoms with E-state index in [1.807, 2.05) is 0 Å². The van der Waals surface area contributed by atoms with Gasteiger partial charge in [0.1, 0.15) is 0 Å². The van der Waals surface area contributed by atoms with Gasteiger partial charge in [-0.2, -0.15) is 0 Å². The van der Waals surface area contributed by atoms with Crippen LogP contribution in [-0.2, 0) is 0 Å². The summed E-state index contributed by atoms with van der Waals surface area (Å²) >= 11 is 0. The number of hydrogen-bond donors (Lipinski definition) is 2. The van der Waals surface area contributed by atoms with Gasteiger partial charge in [0.05, 0.1) is 6.17 Å². The number of nitrogens with two attached hydrogens (primary N) is 2. The Labute approximate surface area is 64.0 Å². The molecule has 0 aliphatic carbocycles. The molecular formula is C8H18N2. The maximum Gasteiger partial charge on any atom is 0.0955 e. The Bertz CT molecular complexity index is 62.3. The second-order valence-electron chi connectivity index (χ2n) is 2.59. The van der Waals surface area contributed by atoms with E-state index in [0.717, 1.165) is 19.3 Å². The summed E-state index contributed by atoms with van der Waals surface area (Å²) in [5.41, 5.74) is 10.6. The summed E-state index contributed by atoms with van der Waals surface area (Å²) in [6.45, 7) is 3.76. The summed E-state index contributed by atoms with van der Waals surface area (Å²) < 4.78 is 0. The van der Waals surface area contributed by atoms with Crippen LogP contribution in [0, 0.1) is 13.1 Å². The molecule has 0 aromatic carbocycles. The van der Waals surface area contributed by atoms with Gasteiger partial charge in [-0.15, -0.1) is 0 Å². The van der Waals surface area contributed by atoms with Crippen LogP contribution in [0.15, 0.2) is 0 Å². The molecule has 0 amide bonds. The zero-order valence-electron chi connectivity index (χ0n) is 6.60. The van der Waals surface area contributed by atoms with Crippen molar-refractivity contribution in [3.8, 4) is 0 Å². The van der Waals surface area contributed by atoms with E-state index in [1.165, 1.54) is 19.3 Å². The minimum absolute atomic E-state index is 0.564. The molecule has 10 heavy (non-hydrogen) atoms. The molecule has 0 spiro atoms. The third kappa shape index (κ3) is 7.92. The fourth-order valence-corrected chi connectivity index (χ4v) is 0.859. The first-order valence-electron chi connectivity index (χ1n) is 3.93. The van der Waals surface area contributed by atoms with Crippen LogP contribution in [0.5, 0.6) is 0 Å². The molecule has 0 aromatic heterocycles. The van der Waals surface area contributed by atoms with Gasteiger partial charge in [-0.05, 0) is 6.42 Å². The van der Waals surface area contributed by atoms with Crippen LogP contribution >= 0.6 is 0 Å². The minimum atomic E-state index is 0.564. The molecular weight excluding hydrogens is 124 g/mol. The second-order valence-corrected chi connectivity index (χ2v) is 2.59. The lowest BCUT2D eigenvalue weighted by Gasteiger charge is -2.02. The van der Waals surface area contributed by atoms with E-state index in [-0.39, 0.29) is 0 Å². The van der Waals surface area contributed by atoms with Gasteiger partial charge in [-0.25, -0.2) is 0 Å². The normalized spacial score (nSPS) is 10.8. The second kappa shape index (κ2) is 7.03. The molecule has 0 saturated carbocycles. The molecule has 0 unspecified atom stereocenters. The lowest BCUT2D eigenvalue weighted by atomic mass is 10.1. The van der Waals surface area contributed by atoms with Crippen LogP contribution < -0.4 is 11.5 Å². The fourth-order valence-electron chi connectivity index (χ4n) is 0.859.